The largest absolute Gasteiger partial charge is 0.405 e. The number of alkyl halides is 3. The Labute approximate surface area is 241 Å². The normalized spacial score (nSPS) is 42.8. The molecule has 0 aromatic heterocycles. The Hall–Kier alpha value is -2.43. The first-order valence-electron chi connectivity index (χ1n) is 15.0. The Bertz CT molecular complexity index is 1300. The molecule has 0 bridgehead atoms. The van der Waals surface area contributed by atoms with E-state index in [9.17, 15) is 32.8 Å². The molecule has 0 aliphatic heterocycles. The number of Topliss-reactive ketones (excluding diaryl/α,β-unsaturated/α-hetero) is 1. The van der Waals surface area contributed by atoms with Gasteiger partial charge in [0.2, 0.25) is 5.91 Å². The maximum Gasteiger partial charge on any atom is 0.405 e. The number of amides is 1. The van der Waals surface area contributed by atoms with E-state index in [1.54, 1.807) is 12.2 Å². The molecule has 0 spiro atoms. The number of nitrogens with zero attached hydrogens (tertiary/aromatic N) is 1. The van der Waals surface area contributed by atoms with E-state index in [1.165, 1.54) is 0 Å². The number of nitriles is 1. The number of halogens is 3. The fraction of sp³-hybridized carbons (Fsp3) is 0.758. The molecule has 5 nitrogen and oxygen atoms in total. The van der Waals surface area contributed by atoms with Crippen LogP contribution in [-0.4, -0.2) is 30.2 Å². The molecule has 5 aliphatic rings. The molecule has 1 N–H and O–H groups in total. The zero-order valence-corrected chi connectivity index (χ0v) is 25.3. The number of hydrogen-bond acceptors (Lipinski definition) is 4. The Morgan fingerprint density at radius 1 is 1.02 bits per heavy atom. The summed E-state index contributed by atoms with van der Waals surface area (Å²) in [5.74, 6) is -2.06. The van der Waals surface area contributed by atoms with E-state index in [2.05, 4.69) is 39.1 Å². The van der Waals surface area contributed by atoms with Gasteiger partial charge in [-0.05, 0) is 78.6 Å². The molecule has 3 saturated carbocycles. The number of hydrogen-bond donors (Lipinski definition) is 1. The van der Waals surface area contributed by atoms with Gasteiger partial charge in [0.1, 0.15) is 12.6 Å². The Kier molecular flexibility index (Phi) is 6.62. The van der Waals surface area contributed by atoms with Crippen LogP contribution in [0.3, 0.4) is 0 Å². The Morgan fingerprint density at radius 2 is 1.68 bits per heavy atom. The third kappa shape index (κ3) is 4.27. The van der Waals surface area contributed by atoms with Gasteiger partial charge in [0, 0.05) is 22.7 Å². The van der Waals surface area contributed by atoms with Gasteiger partial charge in [0.25, 0.3) is 0 Å². The Morgan fingerprint density at radius 3 is 2.29 bits per heavy atom. The minimum atomic E-state index is -4.50. The Balaban J connectivity index is 1.65. The van der Waals surface area contributed by atoms with Crippen LogP contribution in [0, 0.1) is 68.0 Å². The number of rotatable bonds is 2. The molecular weight excluding hydrogens is 529 g/mol. The van der Waals surface area contributed by atoms with Gasteiger partial charge >= 0.3 is 6.18 Å². The molecule has 224 valence electrons. The van der Waals surface area contributed by atoms with Crippen molar-refractivity contribution in [3.63, 3.8) is 0 Å². The molecule has 3 unspecified atom stereocenters. The van der Waals surface area contributed by atoms with Gasteiger partial charge in [-0.15, -0.1) is 0 Å². The molecule has 41 heavy (non-hydrogen) atoms. The maximum atomic E-state index is 14.3. The van der Waals surface area contributed by atoms with Crippen LogP contribution >= 0.6 is 0 Å². The van der Waals surface area contributed by atoms with Crippen molar-refractivity contribution >= 4 is 17.5 Å². The van der Waals surface area contributed by atoms with Gasteiger partial charge in [-0.2, -0.15) is 18.4 Å². The summed E-state index contributed by atoms with van der Waals surface area (Å²) in [5.41, 5.74) is -1.75. The minimum absolute atomic E-state index is 0.0188. The average Bonchev–Trinajstić information content (AvgIpc) is 2.84. The average molecular weight is 573 g/mol. The fourth-order valence-corrected chi connectivity index (χ4v) is 10.5. The molecule has 0 aromatic carbocycles. The summed E-state index contributed by atoms with van der Waals surface area (Å²) in [6.07, 6.45) is 3.12. The summed E-state index contributed by atoms with van der Waals surface area (Å²) >= 11 is 0. The lowest BCUT2D eigenvalue weighted by atomic mass is 9.35. The highest BCUT2D eigenvalue weighted by atomic mass is 19.4. The number of nitrogens with one attached hydrogen (secondary N) is 1. The van der Waals surface area contributed by atoms with E-state index >= 15 is 0 Å². The summed E-state index contributed by atoms with van der Waals surface area (Å²) in [5, 5.41) is 12.1. The van der Waals surface area contributed by atoms with E-state index in [1.807, 2.05) is 20.8 Å². The molecule has 0 saturated heterocycles. The van der Waals surface area contributed by atoms with Crippen molar-refractivity contribution in [1.82, 2.24) is 5.32 Å². The number of allylic oxidation sites excluding steroid dienone is 4. The maximum absolute atomic E-state index is 14.3. The molecule has 5 rings (SSSR count). The predicted molar refractivity (Wildman–Crippen MR) is 148 cm³/mol. The molecule has 8 atom stereocenters. The smallest absolute Gasteiger partial charge is 0.347 e. The van der Waals surface area contributed by atoms with E-state index in [0.717, 1.165) is 18.4 Å². The van der Waals surface area contributed by atoms with Crippen molar-refractivity contribution in [3.8, 4) is 6.07 Å². The highest BCUT2D eigenvalue weighted by Crippen LogP contribution is 2.73. The van der Waals surface area contributed by atoms with Gasteiger partial charge in [-0.1, -0.05) is 60.1 Å². The van der Waals surface area contributed by atoms with E-state index in [-0.39, 0.29) is 46.2 Å². The van der Waals surface area contributed by atoms with Gasteiger partial charge in [-0.3, -0.25) is 14.4 Å². The number of fused-ring (bicyclic) bond motifs is 7. The predicted octanol–water partition coefficient (Wildman–Crippen LogP) is 6.74. The standard InChI is InChI=1S/C33H43F3N2O3/c1-28(2)10-8-19-20(14-28)25-22(39)12-24-30(5)13-18(16-37)26(40)29(3,4)23(30)9-11-31(24,6)32(25,7)15-21(19)27(41)38-17-33(34,35)36/h12-13,19-21,23,25H,8-11,14-15,17H2,1-7H3,(H,38,41)/t19?,20?,21-,23-,25?,30-,31+,32+/m0/s1. The quantitative estimate of drug-likeness (QED) is 0.397. The number of carbonyl (C=O) groups is 3. The van der Waals surface area contributed by atoms with Crippen LogP contribution in [0.25, 0.3) is 0 Å². The van der Waals surface area contributed by atoms with E-state index in [0.29, 0.717) is 25.7 Å². The highest BCUT2D eigenvalue weighted by molar-refractivity contribution is 6.04. The summed E-state index contributed by atoms with van der Waals surface area (Å²) in [7, 11) is 0. The lowest BCUT2D eigenvalue weighted by Gasteiger charge is -2.68. The van der Waals surface area contributed by atoms with Gasteiger partial charge < -0.3 is 5.32 Å². The minimum Gasteiger partial charge on any atom is -0.347 e. The van der Waals surface area contributed by atoms with Crippen LogP contribution in [0.4, 0.5) is 13.2 Å². The van der Waals surface area contributed by atoms with Gasteiger partial charge in [-0.25, -0.2) is 0 Å². The molecule has 0 radical (unpaired) electrons. The third-order valence-corrected chi connectivity index (χ3v) is 12.5. The first-order chi connectivity index (χ1) is 18.7. The summed E-state index contributed by atoms with van der Waals surface area (Å²) < 4.78 is 39.4. The first kappa shape index (κ1) is 30.0. The fourth-order valence-electron chi connectivity index (χ4n) is 10.5. The van der Waals surface area contributed by atoms with E-state index in [4.69, 9.17) is 0 Å². The second-order valence-corrected chi connectivity index (χ2v) is 15.7. The molecule has 5 aliphatic carbocycles. The molecule has 8 heteroatoms. The topological polar surface area (TPSA) is 87.0 Å². The van der Waals surface area contributed by atoms with Gasteiger partial charge in [0.15, 0.2) is 11.6 Å². The van der Waals surface area contributed by atoms with Crippen molar-refractivity contribution in [2.45, 2.75) is 93.2 Å². The number of carbonyl (C=O) groups excluding carboxylic acids is 3. The molecular formula is C33H43F3N2O3. The van der Waals surface area contributed by atoms with Crippen molar-refractivity contribution in [3.05, 3.63) is 23.3 Å². The van der Waals surface area contributed by atoms with Crippen LogP contribution in [0.1, 0.15) is 87.0 Å². The summed E-state index contributed by atoms with van der Waals surface area (Å²) in [6.45, 7) is 13.0. The first-order valence-corrected chi connectivity index (χ1v) is 15.0. The molecule has 0 heterocycles. The SMILES string of the molecule is CC1(C)CCC2C(C1)C1C(=O)C=C3[C@@]4(C)C=C(C#N)C(=O)C(C)(C)[C@@H]4CC[C@@]3(C)[C@]1(C)C[C@@H]2C(=O)NCC(F)(F)F. The molecule has 1 amide bonds. The van der Waals surface area contributed by atoms with Crippen LogP contribution < -0.4 is 5.32 Å². The molecule has 0 aromatic rings. The van der Waals surface area contributed by atoms with Gasteiger partial charge in [0.05, 0.1) is 5.57 Å². The van der Waals surface area contributed by atoms with Crippen LogP contribution in [0.2, 0.25) is 0 Å². The monoisotopic (exact) mass is 572 g/mol. The third-order valence-electron chi connectivity index (χ3n) is 12.5. The van der Waals surface area contributed by atoms with Crippen molar-refractivity contribution in [2.24, 2.45) is 56.7 Å². The van der Waals surface area contributed by atoms with Crippen molar-refractivity contribution in [1.29, 1.82) is 5.26 Å². The van der Waals surface area contributed by atoms with E-state index < -0.39 is 46.2 Å². The lowest BCUT2D eigenvalue weighted by Crippen LogP contribution is -2.65. The highest BCUT2D eigenvalue weighted by Gasteiger charge is 2.69. The van der Waals surface area contributed by atoms with Crippen molar-refractivity contribution < 1.29 is 27.6 Å². The zero-order valence-electron chi connectivity index (χ0n) is 25.3. The van der Waals surface area contributed by atoms with Crippen LogP contribution in [-0.2, 0) is 14.4 Å². The summed E-state index contributed by atoms with van der Waals surface area (Å²) in [4.78, 5) is 41.1. The van der Waals surface area contributed by atoms with Crippen LogP contribution in [0.15, 0.2) is 23.3 Å². The molecule has 3 fully saturated rings. The zero-order chi connectivity index (χ0) is 30.6. The number of ketones is 2. The second kappa shape index (κ2) is 9.04. The van der Waals surface area contributed by atoms with Crippen LogP contribution in [0.5, 0.6) is 0 Å². The summed E-state index contributed by atoms with van der Waals surface area (Å²) in [6, 6.07) is 2.10. The lowest BCUT2D eigenvalue weighted by molar-refractivity contribution is -0.172. The van der Waals surface area contributed by atoms with Crippen molar-refractivity contribution in [2.75, 3.05) is 6.54 Å². The second-order valence-electron chi connectivity index (χ2n) is 15.7.